The number of non-ortho nitro benzene ring substituents is 1. The molecule has 2 fully saturated rings. The van der Waals surface area contributed by atoms with Gasteiger partial charge in [0, 0.05) is 12.1 Å². The zero-order chi connectivity index (χ0) is 17.3. The van der Waals surface area contributed by atoms with E-state index >= 15 is 0 Å². The molecule has 3 rings (SSSR count). The largest absolute Gasteiger partial charge is 0.494 e. The van der Waals surface area contributed by atoms with E-state index in [4.69, 9.17) is 4.74 Å². The van der Waals surface area contributed by atoms with Crippen LogP contribution in [0.5, 0.6) is 5.75 Å². The predicted molar refractivity (Wildman–Crippen MR) is 90.2 cm³/mol. The van der Waals surface area contributed by atoms with Crippen molar-refractivity contribution in [1.82, 2.24) is 5.32 Å². The summed E-state index contributed by atoms with van der Waals surface area (Å²) in [7, 11) is 1.42. The number of benzene rings is 1. The number of nitrogens with zero attached hydrogens (tertiary/aromatic N) is 1. The van der Waals surface area contributed by atoms with Gasteiger partial charge in [-0.25, -0.2) is 4.79 Å². The number of urea groups is 1. The van der Waals surface area contributed by atoms with Crippen molar-refractivity contribution in [3.8, 4) is 5.75 Å². The summed E-state index contributed by atoms with van der Waals surface area (Å²) in [4.78, 5) is 22.6. The summed E-state index contributed by atoms with van der Waals surface area (Å²) in [5.41, 5.74) is 0.342. The van der Waals surface area contributed by atoms with Crippen LogP contribution in [0.4, 0.5) is 16.2 Å². The molecule has 2 bridgehead atoms. The topological polar surface area (TPSA) is 93.5 Å². The standard InChI is InChI=1S/C17H23N3O4/c1-10(14-8-11-3-4-12(14)7-11)18-17(21)19-15-6-5-13(20(22)23)9-16(15)24-2/h5-6,9-12,14H,3-4,7-8H2,1-2H3,(H2,18,19,21)/t10-,11-,12-,14-/m1/s1. The highest BCUT2D eigenvalue weighted by molar-refractivity contribution is 5.91. The third kappa shape index (κ3) is 3.29. The number of hydrogen-bond donors (Lipinski definition) is 2. The maximum absolute atomic E-state index is 12.3. The molecule has 2 amide bonds. The van der Waals surface area contributed by atoms with Gasteiger partial charge in [0.1, 0.15) is 5.75 Å². The van der Waals surface area contributed by atoms with E-state index in [0.29, 0.717) is 11.6 Å². The second-order valence-corrected chi connectivity index (χ2v) is 6.87. The summed E-state index contributed by atoms with van der Waals surface area (Å²) in [6.07, 6.45) is 5.11. The van der Waals surface area contributed by atoms with Gasteiger partial charge in [0.15, 0.2) is 0 Å². The first-order chi connectivity index (χ1) is 11.5. The molecule has 2 aliphatic rings. The van der Waals surface area contributed by atoms with Crippen LogP contribution in [0.25, 0.3) is 0 Å². The fourth-order valence-corrected chi connectivity index (χ4v) is 4.28. The van der Waals surface area contributed by atoms with Gasteiger partial charge in [-0.3, -0.25) is 10.1 Å². The van der Waals surface area contributed by atoms with E-state index in [-0.39, 0.29) is 23.5 Å². The van der Waals surface area contributed by atoms with Crippen molar-refractivity contribution in [3.63, 3.8) is 0 Å². The molecule has 0 saturated heterocycles. The number of anilines is 1. The number of fused-ring (bicyclic) bond motifs is 2. The maximum Gasteiger partial charge on any atom is 0.319 e. The molecule has 7 heteroatoms. The van der Waals surface area contributed by atoms with Crippen molar-refractivity contribution in [2.75, 3.05) is 12.4 Å². The van der Waals surface area contributed by atoms with Crippen LogP contribution in [-0.2, 0) is 0 Å². The molecule has 0 spiro atoms. The number of nitrogens with one attached hydrogen (secondary N) is 2. The molecule has 0 unspecified atom stereocenters. The van der Waals surface area contributed by atoms with Gasteiger partial charge in [0.2, 0.25) is 0 Å². The van der Waals surface area contributed by atoms with Crippen molar-refractivity contribution in [1.29, 1.82) is 0 Å². The predicted octanol–water partition coefficient (Wildman–Crippen LogP) is 3.55. The molecule has 24 heavy (non-hydrogen) atoms. The van der Waals surface area contributed by atoms with Crippen LogP contribution in [0.15, 0.2) is 18.2 Å². The highest BCUT2D eigenvalue weighted by atomic mass is 16.6. The lowest BCUT2D eigenvalue weighted by Crippen LogP contribution is -2.42. The number of hydrogen-bond acceptors (Lipinski definition) is 4. The lowest BCUT2D eigenvalue weighted by Gasteiger charge is -2.28. The average Bonchev–Trinajstić information content (AvgIpc) is 3.17. The molecular weight excluding hydrogens is 310 g/mol. The smallest absolute Gasteiger partial charge is 0.319 e. The molecule has 2 aliphatic carbocycles. The molecule has 0 radical (unpaired) electrons. The Morgan fingerprint density at radius 3 is 2.75 bits per heavy atom. The van der Waals surface area contributed by atoms with Crippen molar-refractivity contribution in [2.45, 2.75) is 38.6 Å². The summed E-state index contributed by atoms with van der Waals surface area (Å²) >= 11 is 0. The minimum absolute atomic E-state index is 0.0758. The van der Waals surface area contributed by atoms with Crippen LogP contribution in [0.1, 0.15) is 32.6 Å². The van der Waals surface area contributed by atoms with E-state index in [0.717, 1.165) is 11.8 Å². The van der Waals surface area contributed by atoms with Crippen molar-refractivity contribution in [3.05, 3.63) is 28.3 Å². The van der Waals surface area contributed by atoms with E-state index < -0.39 is 4.92 Å². The van der Waals surface area contributed by atoms with E-state index in [9.17, 15) is 14.9 Å². The van der Waals surface area contributed by atoms with E-state index in [1.54, 1.807) is 0 Å². The molecule has 4 atom stereocenters. The number of rotatable bonds is 5. The highest BCUT2D eigenvalue weighted by Crippen LogP contribution is 2.49. The van der Waals surface area contributed by atoms with Crippen molar-refractivity contribution < 1.29 is 14.5 Å². The van der Waals surface area contributed by atoms with Gasteiger partial charge in [-0.2, -0.15) is 0 Å². The normalized spacial score (nSPS) is 26.0. The van der Waals surface area contributed by atoms with Crippen LogP contribution < -0.4 is 15.4 Å². The number of carbonyl (C=O) groups excluding carboxylic acids is 1. The lowest BCUT2D eigenvalue weighted by molar-refractivity contribution is -0.384. The average molecular weight is 333 g/mol. The van der Waals surface area contributed by atoms with Crippen LogP contribution in [0, 0.1) is 27.9 Å². The van der Waals surface area contributed by atoms with Gasteiger partial charge < -0.3 is 15.4 Å². The van der Waals surface area contributed by atoms with E-state index in [1.165, 1.54) is 51.0 Å². The second-order valence-electron chi connectivity index (χ2n) is 6.87. The lowest BCUT2D eigenvalue weighted by atomic mass is 9.84. The third-order valence-corrected chi connectivity index (χ3v) is 5.44. The number of carbonyl (C=O) groups is 1. The quantitative estimate of drug-likeness (QED) is 0.636. The maximum atomic E-state index is 12.3. The monoisotopic (exact) mass is 333 g/mol. The molecule has 7 nitrogen and oxygen atoms in total. The van der Waals surface area contributed by atoms with Crippen LogP contribution in [-0.4, -0.2) is 24.1 Å². The fraction of sp³-hybridized carbons (Fsp3) is 0.588. The summed E-state index contributed by atoms with van der Waals surface area (Å²) in [5.74, 6) is 2.39. The number of nitro benzene ring substituents is 1. The van der Waals surface area contributed by atoms with E-state index in [2.05, 4.69) is 17.6 Å². The summed E-state index contributed by atoms with van der Waals surface area (Å²) < 4.78 is 5.14. The minimum atomic E-state index is -0.496. The SMILES string of the molecule is COc1cc([N+](=O)[O-])ccc1NC(=O)N[C@H](C)[C@H]1C[C@@H]2CC[C@@H]1C2. The first-order valence-electron chi connectivity index (χ1n) is 8.38. The first-order valence-corrected chi connectivity index (χ1v) is 8.38. The Morgan fingerprint density at radius 2 is 2.17 bits per heavy atom. The molecule has 0 aliphatic heterocycles. The number of nitro groups is 1. The summed E-state index contributed by atoms with van der Waals surface area (Å²) in [6, 6.07) is 3.94. The summed E-state index contributed by atoms with van der Waals surface area (Å²) in [5, 5.41) is 16.5. The first kappa shape index (κ1) is 16.5. The third-order valence-electron chi connectivity index (χ3n) is 5.44. The molecule has 1 aromatic rings. The molecule has 0 heterocycles. The van der Waals surface area contributed by atoms with E-state index in [1.807, 2.05) is 0 Å². The highest BCUT2D eigenvalue weighted by Gasteiger charge is 2.42. The Bertz CT molecular complexity index is 649. The van der Waals surface area contributed by atoms with Crippen LogP contribution in [0.3, 0.4) is 0 Å². The summed E-state index contributed by atoms with van der Waals surface area (Å²) in [6.45, 7) is 2.05. The number of ether oxygens (including phenoxy) is 1. The molecule has 2 saturated carbocycles. The van der Waals surface area contributed by atoms with Gasteiger partial charge in [-0.05, 0) is 50.0 Å². The molecule has 130 valence electrons. The Kier molecular flexibility index (Phi) is 4.59. The van der Waals surface area contributed by atoms with Gasteiger partial charge in [0.25, 0.3) is 5.69 Å². The zero-order valence-electron chi connectivity index (χ0n) is 14.0. The second kappa shape index (κ2) is 6.67. The van der Waals surface area contributed by atoms with Crippen LogP contribution in [0.2, 0.25) is 0 Å². The van der Waals surface area contributed by atoms with Gasteiger partial charge in [-0.1, -0.05) is 6.42 Å². The van der Waals surface area contributed by atoms with Gasteiger partial charge in [0.05, 0.1) is 23.8 Å². The molecule has 1 aromatic carbocycles. The fourth-order valence-electron chi connectivity index (χ4n) is 4.28. The number of amides is 2. The van der Waals surface area contributed by atoms with Crippen molar-refractivity contribution >= 4 is 17.4 Å². The van der Waals surface area contributed by atoms with Crippen LogP contribution >= 0.6 is 0 Å². The Labute approximate surface area is 140 Å². The van der Waals surface area contributed by atoms with Gasteiger partial charge in [-0.15, -0.1) is 0 Å². The molecule has 0 aromatic heterocycles. The van der Waals surface area contributed by atoms with Crippen molar-refractivity contribution in [2.24, 2.45) is 17.8 Å². The Morgan fingerprint density at radius 1 is 1.38 bits per heavy atom. The van der Waals surface area contributed by atoms with Gasteiger partial charge >= 0.3 is 6.03 Å². The zero-order valence-corrected chi connectivity index (χ0v) is 14.0. The minimum Gasteiger partial charge on any atom is -0.494 e. The molecule has 2 N–H and O–H groups in total. The Hall–Kier alpha value is -2.31. The molecular formula is C17H23N3O4. The Balaban J connectivity index is 1.61. The number of methoxy groups -OCH3 is 1.